The maximum absolute atomic E-state index is 2.77. The average Bonchev–Trinajstić information content (AvgIpc) is 1.51. The van der Waals surface area contributed by atoms with Crippen molar-refractivity contribution in [2.45, 2.75) is 232 Å². The molecule has 0 radical (unpaired) electrons. The maximum atomic E-state index is 2.77. The second-order valence-corrected chi connectivity index (χ2v) is 27.6. The smallest absolute Gasteiger partial charge is 0.0218 e. The Hall–Kier alpha value is -6.76. The Labute approximate surface area is 531 Å². The third-order valence-electron chi connectivity index (χ3n) is 21.5. The molecule has 10 aromatic carbocycles. The van der Waals surface area contributed by atoms with E-state index in [0.717, 1.165) is 0 Å². The molecule has 0 fully saturated rings. The summed E-state index contributed by atoms with van der Waals surface area (Å²) in [5, 5.41) is 10.4. The van der Waals surface area contributed by atoms with Crippen molar-refractivity contribution >= 4 is 43.1 Å². The molecule has 0 aromatic heterocycles. The molecule has 454 valence electrons. The zero-order valence-corrected chi connectivity index (χ0v) is 55.0. The van der Waals surface area contributed by atoms with Crippen LogP contribution in [0.3, 0.4) is 0 Å². The molecule has 0 N–H and O–H groups in total. The van der Waals surface area contributed by atoms with Crippen molar-refractivity contribution in [1.29, 1.82) is 0 Å². The highest BCUT2D eigenvalue weighted by atomic mass is 14.5. The Morgan fingerprint density at radius 3 is 1.07 bits per heavy atom. The highest BCUT2D eigenvalue weighted by Gasteiger charge is 2.52. The molecule has 10 aromatic rings. The normalized spacial score (nSPS) is 13.7. The highest BCUT2D eigenvalue weighted by molar-refractivity contribution is 6.23. The van der Waals surface area contributed by atoms with Gasteiger partial charge in [0.1, 0.15) is 0 Å². The van der Waals surface area contributed by atoms with Gasteiger partial charge in [-0.3, -0.25) is 0 Å². The van der Waals surface area contributed by atoms with Crippen LogP contribution >= 0.6 is 0 Å². The van der Waals surface area contributed by atoms with Gasteiger partial charge in [0.05, 0.1) is 0 Å². The monoisotopic (exact) mass is 1160 g/mol. The van der Waals surface area contributed by atoms with Crippen LogP contribution in [0.15, 0.2) is 170 Å². The molecule has 0 amide bonds. The van der Waals surface area contributed by atoms with Gasteiger partial charge in [0.25, 0.3) is 0 Å². The second-order valence-electron chi connectivity index (χ2n) is 27.6. The molecule has 0 nitrogen and oxygen atoms in total. The van der Waals surface area contributed by atoms with E-state index in [1.165, 1.54) is 279 Å². The summed E-state index contributed by atoms with van der Waals surface area (Å²) in [6.45, 7) is 14.1. The zero-order chi connectivity index (χ0) is 60.5. The summed E-state index contributed by atoms with van der Waals surface area (Å²) < 4.78 is 0. The number of rotatable bonds is 31. The predicted octanol–water partition coefficient (Wildman–Crippen LogP) is 27.5. The minimum Gasteiger partial charge on any atom is -0.0654 e. The lowest BCUT2D eigenvalue weighted by molar-refractivity contribution is 0.368. The lowest BCUT2D eigenvalue weighted by atomic mass is 9.62. The number of hydrogen-bond acceptors (Lipinski definition) is 0. The number of hydrogen-bond donors (Lipinski definition) is 0. The van der Waals surface area contributed by atoms with Crippen molar-refractivity contribution in [3.63, 3.8) is 0 Å². The molecule has 0 aliphatic heterocycles. The molecule has 0 spiro atoms. The van der Waals surface area contributed by atoms with E-state index in [-0.39, 0.29) is 10.8 Å². The summed E-state index contributed by atoms with van der Waals surface area (Å²) in [4.78, 5) is 0. The molecule has 0 bridgehead atoms. The predicted molar refractivity (Wildman–Crippen MR) is 387 cm³/mol. The topological polar surface area (TPSA) is 0 Å². The SMILES string of the molecule is CCCCCCCCC1(CCCCCCCC)c2cc(C)ccc2-c2ccc3c(c21)C(CCCCCCCC)(CCCCCCCC)c1cc(-c2ccc4c(-c5ccc6ccccc6c5)c5cc(C)ccc5c(-c5ccc6ccccc6c5)c4c2)ccc1-3. The molecular formula is C88H102. The van der Waals surface area contributed by atoms with Gasteiger partial charge >= 0.3 is 0 Å². The van der Waals surface area contributed by atoms with Crippen LogP contribution in [0, 0.1) is 13.8 Å². The van der Waals surface area contributed by atoms with Gasteiger partial charge in [-0.2, -0.15) is 0 Å². The molecule has 2 aliphatic rings. The zero-order valence-electron chi connectivity index (χ0n) is 55.0. The summed E-state index contributed by atoms with van der Waals surface area (Å²) >= 11 is 0. The highest BCUT2D eigenvalue weighted by Crippen LogP contribution is 2.64. The average molecular weight is 1160 g/mol. The largest absolute Gasteiger partial charge is 0.0654 e. The Bertz CT molecular complexity index is 4000. The minimum absolute atomic E-state index is 0.00249. The van der Waals surface area contributed by atoms with E-state index >= 15 is 0 Å². The van der Waals surface area contributed by atoms with E-state index in [1.54, 1.807) is 33.4 Å². The van der Waals surface area contributed by atoms with Crippen molar-refractivity contribution in [2.75, 3.05) is 0 Å². The molecular weight excluding hydrogens is 1060 g/mol. The number of aryl methyl sites for hydroxylation is 2. The van der Waals surface area contributed by atoms with E-state index < -0.39 is 0 Å². The molecule has 0 saturated carbocycles. The van der Waals surface area contributed by atoms with E-state index in [2.05, 4.69) is 211 Å². The third kappa shape index (κ3) is 12.3. The van der Waals surface area contributed by atoms with Crippen molar-refractivity contribution in [3.8, 4) is 55.6 Å². The number of benzene rings is 10. The van der Waals surface area contributed by atoms with Crippen LogP contribution in [-0.2, 0) is 10.8 Å². The molecule has 0 atom stereocenters. The lowest BCUT2D eigenvalue weighted by Gasteiger charge is -2.40. The second kappa shape index (κ2) is 28.4. The van der Waals surface area contributed by atoms with E-state index in [9.17, 15) is 0 Å². The van der Waals surface area contributed by atoms with E-state index in [0.29, 0.717) is 0 Å². The van der Waals surface area contributed by atoms with Crippen LogP contribution in [0.2, 0.25) is 0 Å². The van der Waals surface area contributed by atoms with Crippen LogP contribution in [0.5, 0.6) is 0 Å². The standard InChI is InChI=1S/C88H102/c1-7-11-15-19-23-31-53-87(54-32-24-20-16-12-8-2)81-58-64(6)39-47-73(81)77-51-52-78-74-49-45-70(62-82(74)88(86(78)85(77)87,55-33-25-21-17-13-9-3)56-34-26-22-18-14-10-4)69-46-50-76-80(61-69)84(72-44-42-66-36-28-30-38-68(66)60-72)75-48-40-63(5)57-79(75)83(76)71-43-41-65-35-27-29-37-67(65)59-71/h27-30,35-52,57-62H,7-26,31-34,53-56H2,1-6H3. The van der Waals surface area contributed by atoms with Crippen LogP contribution in [0.25, 0.3) is 98.7 Å². The minimum atomic E-state index is -0.0868. The van der Waals surface area contributed by atoms with Gasteiger partial charge in [0.2, 0.25) is 0 Å². The van der Waals surface area contributed by atoms with Crippen LogP contribution in [-0.4, -0.2) is 0 Å². The molecule has 88 heavy (non-hydrogen) atoms. The fraction of sp³-hybridized carbons (Fsp3) is 0.409. The molecule has 2 aliphatic carbocycles. The molecule has 12 rings (SSSR count). The number of unbranched alkanes of at least 4 members (excludes halogenated alkanes) is 20. The van der Waals surface area contributed by atoms with E-state index in [1.807, 2.05) is 0 Å². The quantitative estimate of drug-likeness (QED) is 0.0300. The summed E-state index contributed by atoms with van der Waals surface area (Å²) in [7, 11) is 0. The van der Waals surface area contributed by atoms with Gasteiger partial charge in [-0.15, -0.1) is 0 Å². The Morgan fingerprint density at radius 1 is 0.250 bits per heavy atom. The first-order chi connectivity index (χ1) is 43.3. The summed E-state index contributed by atoms with van der Waals surface area (Å²) in [6.07, 6.45) is 36.8. The summed E-state index contributed by atoms with van der Waals surface area (Å²) in [5.74, 6) is 0. The third-order valence-corrected chi connectivity index (χ3v) is 21.5. The van der Waals surface area contributed by atoms with Gasteiger partial charge in [-0.25, -0.2) is 0 Å². The van der Waals surface area contributed by atoms with Gasteiger partial charge in [0, 0.05) is 10.8 Å². The van der Waals surface area contributed by atoms with Gasteiger partial charge in [-0.1, -0.05) is 339 Å². The fourth-order valence-electron chi connectivity index (χ4n) is 16.9. The van der Waals surface area contributed by atoms with Crippen LogP contribution < -0.4 is 0 Å². The number of fused-ring (bicyclic) bond motifs is 11. The van der Waals surface area contributed by atoms with E-state index in [4.69, 9.17) is 0 Å². The van der Waals surface area contributed by atoms with Crippen molar-refractivity contribution in [2.24, 2.45) is 0 Å². The van der Waals surface area contributed by atoms with Gasteiger partial charge in [-0.05, 0) is 185 Å². The Kier molecular flexibility index (Phi) is 19.8. The summed E-state index contributed by atoms with van der Waals surface area (Å²) in [6, 6.07) is 67.8. The van der Waals surface area contributed by atoms with Gasteiger partial charge < -0.3 is 0 Å². The molecule has 0 heteroatoms. The van der Waals surface area contributed by atoms with Crippen molar-refractivity contribution < 1.29 is 0 Å². The first-order valence-electron chi connectivity index (χ1n) is 35.7. The molecule has 0 unspecified atom stereocenters. The fourth-order valence-corrected chi connectivity index (χ4v) is 16.9. The summed E-state index contributed by atoms with van der Waals surface area (Å²) in [5.41, 5.74) is 23.4. The molecule has 0 heterocycles. The first kappa shape index (κ1) is 61.5. The van der Waals surface area contributed by atoms with Gasteiger partial charge in [0.15, 0.2) is 0 Å². The van der Waals surface area contributed by atoms with Crippen LogP contribution in [0.1, 0.15) is 241 Å². The lowest BCUT2D eigenvalue weighted by Crippen LogP contribution is -2.33. The van der Waals surface area contributed by atoms with Crippen molar-refractivity contribution in [1.82, 2.24) is 0 Å². The first-order valence-corrected chi connectivity index (χ1v) is 35.7. The van der Waals surface area contributed by atoms with Crippen molar-refractivity contribution in [3.05, 3.63) is 203 Å². The Morgan fingerprint density at radius 2 is 0.591 bits per heavy atom. The Balaban J connectivity index is 1.08. The molecule has 0 saturated heterocycles. The maximum Gasteiger partial charge on any atom is 0.0218 e. The van der Waals surface area contributed by atoms with Crippen LogP contribution in [0.4, 0.5) is 0 Å².